The van der Waals surface area contributed by atoms with Crippen molar-refractivity contribution in [1.29, 1.82) is 0 Å². The summed E-state index contributed by atoms with van der Waals surface area (Å²) in [6.07, 6.45) is 4.50. The molecule has 4 nitrogen and oxygen atoms in total. The maximum atomic E-state index is 5.59. The number of rotatable bonds is 5. The van der Waals surface area contributed by atoms with E-state index in [-0.39, 0.29) is 24.8 Å². The van der Waals surface area contributed by atoms with E-state index in [1.807, 2.05) is 0 Å². The minimum Gasteiger partial charge on any atom is -0.374 e. The van der Waals surface area contributed by atoms with Crippen LogP contribution in [-0.4, -0.2) is 28.5 Å². The molecule has 23 heavy (non-hydrogen) atoms. The van der Waals surface area contributed by atoms with Crippen molar-refractivity contribution in [2.45, 2.75) is 23.2 Å². The number of nitrogen functional groups attached to an aromatic ring is 1. The zero-order chi connectivity index (χ0) is 14.5. The minimum absolute atomic E-state index is 0. The number of halogens is 2. The zero-order valence-electron chi connectivity index (χ0n) is 12.5. The van der Waals surface area contributed by atoms with Crippen molar-refractivity contribution in [1.82, 2.24) is 15.5 Å². The van der Waals surface area contributed by atoms with Crippen LogP contribution < -0.4 is 11.1 Å². The Bertz CT molecular complexity index is 619. The maximum Gasteiger partial charge on any atom is 0.203 e. The Morgan fingerprint density at radius 2 is 2.00 bits per heavy atom. The molecule has 126 valence electrons. The van der Waals surface area contributed by atoms with E-state index in [9.17, 15) is 0 Å². The van der Waals surface area contributed by atoms with Crippen LogP contribution in [0.5, 0.6) is 0 Å². The summed E-state index contributed by atoms with van der Waals surface area (Å²) in [5, 5.41) is 12.0. The molecule has 1 unspecified atom stereocenters. The molecule has 8 heteroatoms. The molecule has 1 aromatic heterocycles. The lowest BCUT2D eigenvalue weighted by atomic mass is 9.94. The van der Waals surface area contributed by atoms with Crippen molar-refractivity contribution < 1.29 is 0 Å². The summed E-state index contributed by atoms with van der Waals surface area (Å²) in [5.41, 5.74) is 8.38. The van der Waals surface area contributed by atoms with Gasteiger partial charge in [-0.05, 0) is 24.0 Å². The predicted molar refractivity (Wildman–Crippen MR) is 105 cm³/mol. The van der Waals surface area contributed by atoms with E-state index >= 15 is 0 Å². The lowest BCUT2D eigenvalue weighted by Gasteiger charge is -2.24. The van der Waals surface area contributed by atoms with Gasteiger partial charge in [0.25, 0.3) is 0 Å². The Balaban J connectivity index is 0.00000132. The highest BCUT2D eigenvalue weighted by molar-refractivity contribution is 8.01. The van der Waals surface area contributed by atoms with E-state index in [0.29, 0.717) is 11.2 Å². The first-order valence-electron chi connectivity index (χ1n) is 7.01. The molecule has 0 saturated carbocycles. The summed E-state index contributed by atoms with van der Waals surface area (Å²) >= 11 is 3.20. The standard InChI is InChI=1S/C15H18N4S2.2ClH/c16-14-18-19-15(21-14)20-9-7-13-10-12(6-8-17-13)11-4-2-1-3-5-11;;/h1-6,13,17H,7-10H2,(H2,16,18);2*1H. The lowest BCUT2D eigenvalue weighted by molar-refractivity contribution is 0.525. The Labute approximate surface area is 157 Å². The normalized spacial score (nSPS) is 16.9. The number of nitrogens with zero attached hydrogens (tertiary/aromatic N) is 2. The molecule has 0 aliphatic carbocycles. The summed E-state index contributed by atoms with van der Waals surface area (Å²) in [6.45, 7) is 0.950. The minimum atomic E-state index is 0. The monoisotopic (exact) mass is 390 g/mol. The molecule has 1 aromatic carbocycles. The highest BCUT2D eigenvalue weighted by atomic mass is 35.5. The molecule has 3 rings (SSSR count). The van der Waals surface area contributed by atoms with Gasteiger partial charge in [-0.15, -0.1) is 35.0 Å². The second kappa shape index (κ2) is 10.2. The molecular formula is C15H20Cl2N4S2. The number of aromatic nitrogens is 2. The average molecular weight is 391 g/mol. The van der Waals surface area contributed by atoms with Crippen LogP contribution in [0.2, 0.25) is 0 Å². The van der Waals surface area contributed by atoms with Crippen LogP contribution in [-0.2, 0) is 0 Å². The molecule has 1 atom stereocenters. The number of anilines is 1. The van der Waals surface area contributed by atoms with Crippen molar-refractivity contribution in [3.05, 3.63) is 42.0 Å². The van der Waals surface area contributed by atoms with Crippen LogP contribution in [0.3, 0.4) is 0 Å². The molecule has 0 amide bonds. The van der Waals surface area contributed by atoms with Gasteiger partial charge in [0.1, 0.15) is 0 Å². The van der Waals surface area contributed by atoms with Gasteiger partial charge in [-0.3, -0.25) is 0 Å². The Kier molecular flexibility index (Phi) is 8.94. The third-order valence-corrected chi connectivity index (χ3v) is 5.40. The van der Waals surface area contributed by atoms with Crippen LogP contribution in [0.4, 0.5) is 5.13 Å². The van der Waals surface area contributed by atoms with Gasteiger partial charge in [0.05, 0.1) is 0 Å². The number of benzene rings is 1. The van der Waals surface area contributed by atoms with Crippen LogP contribution in [0, 0.1) is 0 Å². The van der Waals surface area contributed by atoms with Gasteiger partial charge in [0, 0.05) is 18.3 Å². The first-order valence-corrected chi connectivity index (χ1v) is 8.81. The first kappa shape index (κ1) is 20.3. The Hall–Kier alpha value is -0.790. The number of thioether (sulfide) groups is 1. The number of hydrogen-bond acceptors (Lipinski definition) is 6. The molecule has 2 heterocycles. The van der Waals surface area contributed by atoms with Gasteiger partial charge in [-0.25, -0.2) is 0 Å². The quantitative estimate of drug-likeness (QED) is 0.757. The van der Waals surface area contributed by atoms with Gasteiger partial charge in [-0.2, -0.15) is 0 Å². The molecular weight excluding hydrogens is 371 g/mol. The summed E-state index contributed by atoms with van der Waals surface area (Å²) in [5.74, 6) is 1.04. The van der Waals surface area contributed by atoms with E-state index in [4.69, 9.17) is 5.73 Å². The van der Waals surface area contributed by atoms with Crippen molar-refractivity contribution in [3.63, 3.8) is 0 Å². The van der Waals surface area contributed by atoms with E-state index in [0.717, 1.165) is 29.5 Å². The van der Waals surface area contributed by atoms with Gasteiger partial charge in [0.2, 0.25) is 5.13 Å². The van der Waals surface area contributed by atoms with E-state index in [2.05, 4.69) is 51.9 Å². The fourth-order valence-corrected chi connectivity index (χ4v) is 4.19. The molecule has 3 N–H and O–H groups in total. The summed E-state index contributed by atoms with van der Waals surface area (Å²) < 4.78 is 0.960. The van der Waals surface area contributed by atoms with Crippen LogP contribution in [0.15, 0.2) is 40.7 Å². The lowest BCUT2D eigenvalue weighted by Crippen LogP contribution is -2.33. The zero-order valence-corrected chi connectivity index (χ0v) is 15.7. The highest BCUT2D eigenvalue weighted by Crippen LogP contribution is 2.27. The fourth-order valence-electron chi connectivity index (χ4n) is 2.43. The summed E-state index contributed by atoms with van der Waals surface area (Å²) in [7, 11) is 0. The number of nitrogens with two attached hydrogens (primary N) is 1. The van der Waals surface area contributed by atoms with Crippen molar-refractivity contribution >= 4 is 58.6 Å². The van der Waals surface area contributed by atoms with Crippen LogP contribution >= 0.6 is 47.9 Å². The van der Waals surface area contributed by atoms with E-state index in [1.54, 1.807) is 11.8 Å². The maximum absolute atomic E-state index is 5.59. The molecule has 1 aliphatic rings. The van der Waals surface area contributed by atoms with Crippen molar-refractivity contribution in [2.24, 2.45) is 0 Å². The highest BCUT2D eigenvalue weighted by Gasteiger charge is 2.16. The van der Waals surface area contributed by atoms with Gasteiger partial charge < -0.3 is 11.1 Å². The third-order valence-electron chi connectivity index (χ3n) is 3.48. The van der Waals surface area contributed by atoms with Gasteiger partial charge in [0.15, 0.2) is 4.34 Å². The smallest absolute Gasteiger partial charge is 0.203 e. The Morgan fingerprint density at radius 3 is 2.70 bits per heavy atom. The van der Waals surface area contributed by atoms with Crippen molar-refractivity contribution in [2.75, 3.05) is 18.0 Å². The summed E-state index contributed by atoms with van der Waals surface area (Å²) in [4.78, 5) is 0. The molecule has 0 radical (unpaired) electrons. The number of hydrogen-bond donors (Lipinski definition) is 2. The summed E-state index contributed by atoms with van der Waals surface area (Å²) in [6, 6.07) is 11.2. The van der Waals surface area contributed by atoms with Crippen LogP contribution in [0.25, 0.3) is 5.57 Å². The fraction of sp³-hybridized carbons (Fsp3) is 0.333. The molecule has 1 aliphatic heterocycles. The second-order valence-electron chi connectivity index (χ2n) is 4.95. The predicted octanol–water partition coefficient (Wildman–Crippen LogP) is 3.89. The topological polar surface area (TPSA) is 63.8 Å². The molecule has 0 bridgehead atoms. The molecule has 0 fully saturated rings. The SMILES string of the molecule is Cl.Cl.Nc1nnc(SCCC2CC(c3ccccc3)=CCN2)s1. The molecule has 0 spiro atoms. The van der Waals surface area contributed by atoms with Crippen molar-refractivity contribution in [3.8, 4) is 0 Å². The Morgan fingerprint density at radius 1 is 1.22 bits per heavy atom. The van der Waals surface area contributed by atoms with E-state index < -0.39 is 0 Å². The second-order valence-corrected chi connectivity index (χ2v) is 7.30. The largest absolute Gasteiger partial charge is 0.374 e. The van der Waals surface area contributed by atoms with Gasteiger partial charge >= 0.3 is 0 Å². The third kappa shape index (κ3) is 5.97. The number of nitrogens with one attached hydrogen (secondary N) is 1. The van der Waals surface area contributed by atoms with Crippen LogP contribution in [0.1, 0.15) is 18.4 Å². The molecule has 0 saturated heterocycles. The van der Waals surface area contributed by atoms with E-state index in [1.165, 1.54) is 22.5 Å². The first-order chi connectivity index (χ1) is 10.3. The average Bonchev–Trinajstić information content (AvgIpc) is 2.94. The molecule has 2 aromatic rings. The van der Waals surface area contributed by atoms with Gasteiger partial charge in [-0.1, -0.05) is 59.5 Å².